The number of ether oxygens (including phenoxy) is 1. The van der Waals surface area contributed by atoms with Crippen molar-refractivity contribution < 1.29 is 24.2 Å². The predicted octanol–water partition coefficient (Wildman–Crippen LogP) is 5.28. The molecule has 0 radical (unpaired) electrons. The molecule has 7 nitrogen and oxygen atoms in total. The normalized spacial score (nSPS) is 13.8. The van der Waals surface area contributed by atoms with Crippen LogP contribution in [0.4, 0.5) is 10.5 Å². The Morgan fingerprint density at radius 3 is 2.03 bits per heavy atom. The van der Waals surface area contributed by atoms with Crippen LogP contribution >= 0.6 is 0 Å². The first kappa shape index (κ1) is 24.0. The first-order chi connectivity index (χ1) is 16.9. The van der Waals surface area contributed by atoms with E-state index in [1.807, 2.05) is 50.2 Å². The number of nitrogens with one attached hydrogen (secondary N) is 2. The zero-order valence-corrected chi connectivity index (χ0v) is 19.7. The molecule has 3 aromatic carbocycles. The number of hydrogen-bond donors (Lipinski definition) is 3. The van der Waals surface area contributed by atoms with Gasteiger partial charge in [-0.25, -0.2) is 9.59 Å². The van der Waals surface area contributed by atoms with E-state index in [4.69, 9.17) is 9.84 Å². The van der Waals surface area contributed by atoms with Gasteiger partial charge in [-0.05, 0) is 52.4 Å². The van der Waals surface area contributed by atoms with Crippen LogP contribution in [0.5, 0.6) is 0 Å². The number of alkyl carbamates (subject to hydrolysis) is 1. The molecule has 180 valence electrons. The Labute approximate surface area is 204 Å². The number of carbonyl (C=O) groups is 3. The minimum absolute atomic E-state index is 0.0724. The first-order valence-corrected chi connectivity index (χ1v) is 11.6. The maximum Gasteiger partial charge on any atom is 0.407 e. The van der Waals surface area contributed by atoms with Gasteiger partial charge in [-0.1, -0.05) is 68.8 Å². The summed E-state index contributed by atoms with van der Waals surface area (Å²) in [6, 6.07) is 21.2. The highest BCUT2D eigenvalue weighted by Crippen LogP contribution is 2.44. The Morgan fingerprint density at radius 2 is 1.49 bits per heavy atom. The second-order valence-electron chi connectivity index (χ2n) is 8.70. The number of carbonyl (C=O) groups excluding carboxylic acids is 2. The van der Waals surface area contributed by atoms with Gasteiger partial charge in [0, 0.05) is 11.6 Å². The third-order valence-electron chi connectivity index (χ3n) is 6.51. The number of aromatic carboxylic acids is 1. The molecule has 1 aliphatic rings. The van der Waals surface area contributed by atoms with Crippen LogP contribution in [-0.4, -0.2) is 35.7 Å². The van der Waals surface area contributed by atoms with E-state index in [0.29, 0.717) is 12.1 Å². The Balaban J connectivity index is 1.42. The highest BCUT2D eigenvalue weighted by Gasteiger charge is 2.31. The lowest BCUT2D eigenvalue weighted by molar-refractivity contribution is -0.119. The first-order valence-electron chi connectivity index (χ1n) is 11.6. The molecule has 1 unspecified atom stereocenters. The monoisotopic (exact) mass is 472 g/mol. The summed E-state index contributed by atoms with van der Waals surface area (Å²) < 4.78 is 5.61. The molecule has 7 heteroatoms. The predicted molar refractivity (Wildman–Crippen MR) is 133 cm³/mol. The van der Waals surface area contributed by atoms with Crippen LogP contribution < -0.4 is 10.6 Å². The molecule has 1 aliphatic carbocycles. The molecule has 3 aromatic rings. The number of carboxylic acids is 1. The largest absolute Gasteiger partial charge is 0.478 e. The topological polar surface area (TPSA) is 105 Å². The van der Waals surface area contributed by atoms with Crippen LogP contribution in [0.3, 0.4) is 0 Å². The molecular weight excluding hydrogens is 444 g/mol. The fourth-order valence-corrected chi connectivity index (χ4v) is 4.39. The number of benzene rings is 3. The van der Waals surface area contributed by atoms with E-state index < -0.39 is 24.0 Å². The zero-order chi connectivity index (χ0) is 24.9. The molecule has 0 fully saturated rings. The van der Waals surface area contributed by atoms with E-state index in [-0.39, 0.29) is 24.0 Å². The molecule has 2 atom stereocenters. The second kappa shape index (κ2) is 10.4. The molecule has 0 aromatic heterocycles. The van der Waals surface area contributed by atoms with Crippen molar-refractivity contribution in [2.45, 2.75) is 32.2 Å². The zero-order valence-electron chi connectivity index (χ0n) is 19.7. The molecule has 0 spiro atoms. The van der Waals surface area contributed by atoms with E-state index in [9.17, 15) is 14.4 Å². The SMILES string of the molecule is CCC(C)[C@H](NC(=O)OCC1c2ccccc2-c2ccccc21)C(=O)Nc1ccc(C(=O)O)cc1. The molecule has 4 rings (SSSR count). The standard InChI is InChI=1S/C28H28N2O5/c1-3-17(2)25(26(31)29-19-14-12-18(13-15-19)27(32)33)30-28(34)35-16-24-22-10-6-4-8-20(22)21-9-5-7-11-23(21)24/h4-15,17,24-25H,3,16H2,1-2H3,(H,29,31)(H,30,34)(H,32,33)/t17?,25-/m0/s1. The lowest BCUT2D eigenvalue weighted by Crippen LogP contribution is -2.48. The van der Waals surface area contributed by atoms with Crippen LogP contribution in [0.1, 0.15) is 47.7 Å². The number of rotatable bonds is 8. The van der Waals surface area contributed by atoms with Gasteiger partial charge < -0.3 is 20.5 Å². The molecule has 0 aliphatic heterocycles. The Bertz CT molecular complexity index is 1190. The lowest BCUT2D eigenvalue weighted by atomic mass is 9.98. The Morgan fingerprint density at radius 1 is 0.914 bits per heavy atom. The summed E-state index contributed by atoms with van der Waals surface area (Å²) in [4.78, 5) is 36.7. The van der Waals surface area contributed by atoms with Crippen molar-refractivity contribution >= 4 is 23.7 Å². The number of carboxylic acid groups (broad SMARTS) is 1. The van der Waals surface area contributed by atoms with Crippen molar-refractivity contribution in [2.24, 2.45) is 5.92 Å². The van der Waals surface area contributed by atoms with E-state index in [1.165, 1.54) is 24.3 Å². The summed E-state index contributed by atoms with van der Waals surface area (Å²) in [5, 5.41) is 14.5. The van der Waals surface area contributed by atoms with Gasteiger partial charge in [0.2, 0.25) is 5.91 Å². The molecule has 0 bridgehead atoms. The quantitative estimate of drug-likeness (QED) is 0.414. The van der Waals surface area contributed by atoms with Crippen LogP contribution in [0.25, 0.3) is 11.1 Å². The smallest absolute Gasteiger partial charge is 0.407 e. The highest BCUT2D eigenvalue weighted by molar-refractivity contribution is 5.97. The summed E-state index contributed by atoms with van der Waals surface area (Å²) in [7, 11) is 0. The number of amides is 2. The lowest BCUT2D eigenvalue weighted by Gasteiger charge is -2.24. The van der Waals surface area contributed by atoms with Crippen molar-refractivity contribution in [3.05, 3.63) is 89.5 Å². The average molecular weight is 473 g/mol. The third-order valence-corrected chi connectivity index (χ3v) is 6.51. The third kappa shape index (κ3) is 5.19. The summed E-state index contributed by atoms with van der Waals surface area (Å²) in [5.74, 6) is -1.65. The molecule has 0 saturated carbocycles. The fourth-order valence-electron chi connectivity index (χ4n) is 4.39. The van der Waals surface area contributed by atoms with Crippen molar-refractivity contribution in [1.82, 2.24) is 5.32 Å². The average Bonchev–Trinajstić information content (AvgIpc) is 3.19. The van der Waals surface area contributed by atoms with Crippen molar-refractivity contribution in [3.8, 4) is 11.1 Å². The van der Waals surface area contributed by atoms with Gasteiger partial charge in [-0.15, -0.1) is 0 Å². The van der Waals surface area contributed by atoms with Gasteiger partial charge in [0.25, 0.3) is 0 Å². The van der Waals surface area contributed by atoms with Gasteiger partial charge in [-0.2, -0.15) is 0 Å². The van der Waals surface area contributed by atoms with E-state index in [1.54, 1.807) is 0 Å². The maximum absolute atomic E-state index is 13.0. The van der Waals surface area contributed by atoms with E-state index in [0.717, 1.165) is 22.3 Å². The summed E-state index contributed by atoms with van der Waals surface area (Å²) in [6.07, 6.45) is 0.00760. The Hall–Kier alpha value is -4.13. The van der Waals surface area contributed by atoms with E-state index >= 15 is 0 Å². The summed E-state index contributed by atoms with van der Waals surface area (Å²) in [6.45, 7) is 3.97. The second-order valence-corrected chi connectivity index (χ2v) is 8.70. The molecule has 0 heterocycles. The summed E-state index contributed by atoms with van der Waals surface area (Å²) >= 11 is 0. The molecule has 2 amide bonds. The number of anilines is 1. The fraction of sp³-hybridized carbons (Fsp3) is 0.250. The number of hydrogen-bond acceptors (Lipinski definition) is 4. The molecule has 0 saturated heterocycles. The molecule has 35 heavy (non-hydrogen) atoms. The minimum atomic E-state index is -1.04. The maximum atomic E-state index is 13.0. The van der Waals surface area contributed by atoms with Crippen molar-refractivity contribution in [2.75, 3.05) is 11.9 Å². The van der Waals surface area contributed by atoms with Gasteiger partial charge >= 0.3 is 12.1 Å². The highest BCUT2D eigenvalue weighted by atomic mass is 16.5. The summed E-state index contributed by atoms with van der Waals surface area (Å²) in [5.41, 5.74) is 5.08. The van der Waals surface area contributed by atoms with Gasteiger partial charge in [-0.3, -0.25) is 4.79 Å². The van der Waals surface area contributed by atoms with Crippen molar-refractivity contribution in [1.29, 1.82) is 0 Å². The van der Waals surface area contributed by atoms with Crippen LogP contribution in [0.2, 0.25) is 0 Å². The Kier molecular flexibility index (Phi) is 7.15. The van der Waals surface area contributed by atoms with E-state index in [2.05, 4.69) is 22.8 Å². The van der Waals surface area contributed by atoms with Crippen LogP contribution in [0.15, 0.2) is 72.8 Å². The van der Waals surface area contributed by atoms with Crippen molar-refractivity contribution in [3.63, 3.8) is 0 Å². The molecular formula is C28H28N2O5. The van der Waals surface area contributed by atoms with Crippen LogP contribution in [-0.2, 0) is 9.53 Å². The minimum Gasteiger partial charge on any atom is -0.478 e. The van der Waals surface area contributed by atoms with Gasteiger partial charge in [0.1, 0.15) is 12.6 Å². The van der Waals surface area contributed by atoms with Gasteiger partial charge in [0.15, 0.2) is 0 Å². The molecule has 3 N–H and O–H groups in total. The van der Waals surface area contributed by atoms with Gasteiger partial charge in [0.05, 0.1) is 5.56 Å². The van der Waals surface area contributed by atoms with Crippen LogP contribution in [0, 0.1) is 5.92 Å². The number of fused-ring (bicyclic) bond motifs is 3.